The lowest BCUT2D eigenvalue weighted by Gasteiger charge is -2.34. The first-order valence-electron chi connectivity index (χ1n) is 13.9. The molecule has 0 aromatic heterocycles. The van der Waals surface area contributed by atoms with Crippen LogP contribution in [0.25, 0.3) is 0 Å². The van der Waals surface area contributed by atoms with Gasteiger partial charge in [-0.25, -0.2) is 8.42 Å². The summed E-state index contributed by atoms with van der Waals surface area (Å²) < 4.78 is 34.8. The number of rotatable bonds is 20. The normalized spacial score (nSPS) is 12.0. The first-order valence-corrected chi connectivity index (χ1v) is 15.3. The van der Waals surface area contributed by atoms with Crippen LogP contribution >= 0.6 is 0 Å². The van der Waals surface area contributed by atoms with E-state index in [4.69, 9.17) is 0 Å². The summed E-state index contributed by atoms with van der Waals surface area (Å²) in [4.78, 5) is -0.0798. The molecule has 34 heavy (non-hydrogen) atoms. The van der Waals surface area contributed by atoms with E-state index in [1.54, 1.807) is 6.07 Å². The van der Waals surface area contributed by atoms with E-state index in [0.29, 0.717) is 0 Å². The number of unbranched alkanes of at least 4 members (excludes halogenated alkanes) is 13. The van der Waals surface area contributed by atoms with E-state index in [9.17, 15) is 13.0 Å². The highest BCUT2D eigenvalue weighted by Gasteiger charge is 2.28. The van der Waals surface area contributed by atoms with Gasteiger partial charge in [0.05, 0.1) is 4.90 Å². The van der Waals surface area contributed by atoms with Crippen molar-refractivity contribution in [3.8, 4) is 0 Å². The second kappa shape index (κ2) is 18.4. The van der Waals surface area contributed by atoms with Crippen LogP contribution in [0.15, 0.2) is 23.1 Å². The highest BCUT2D eigenvalue weighted by atomic mass is 32.2. The third kappa shape index (κ3) is 11.7. The van der Waals surface area contributed by atoms with E-state index in [-0.39, 0.29) is 16.5 Å². The minimum absolute atomic E-state index is 0. The van der Waals surface area contributed by atoms with Gasteiger partial charge in [-0.05, 0) is 60.8 Å². The minimum atomic E-state index is -4.42. The smallest absolute Gasteiger partial charge is 0.124 e. The van der Waals surface area contributed by atoms with Gasteiger partial charge in [-0.1, -0.05) is 117 Å². The lowest BCUT2D eigenvalue weighted by molar-refractivity contribution is 0.377. The van der Waals surface area contributed by atoms with Gasteiger partial charge in [-0.3, -0.25) is 0 Å². The van der Waals surface area contributed by atoms with Crippen molar-refractivity contribution in [1.82, 2.24) is 6.15 Å². The molecule has 1 rings (SSSR count). The molecule has 0 saturated carbocycles. The van der Waals surface area contributed by atoms with Gasteiger partial charge in [0.1, 0.15) is 10.1 Å². The van der Waals surface area contributed by atoms with Crippen LogP contribution in [0.2, 0.25) is 0 Å². The molecule has 0 amide bonds. The van der Waals surface area contributed by atoms with Crippen LogP contribution in [0.4, 0.5) is 0 Å². The Labute approximate surface area is 212 Å². The minimum Gasteiger partial charge on any atom is -0.744 e. The number of hydrogen-bond acceptors (Lipinski definition) is 3. The molecule has 0 aliphatic rings. The number of aryl methyl sites for hydroxylation is 1. The molecule has 1 aromatic rings. The van der Waals surface area contributed by atoms with Crippen LogP contribution in [0, 0.1) is 0 Å². The van der Waals surface area contributed by atoms with Gasteiger partial charge in [-0.2, -0.15) is 0 Å². The highest BCUT2D eigenvalue weighted by molar-refractivity contribution is 7.85. The molecule has 0 aliphatic carbocycles. The average Bonchev–Trinajstić information content (AvgIpc) is 2.80. The summed E-state index contributed by atoms with van der Waals surface area (Å²) in [6.45, 7) is 8.90. The molecule has 4 N–H and O–H groups in total. The van der Waals surface area contributed by atoms with Crippen molar-refractivity contribution in [2.24, 2.45) is 0 Å². The molecule has 0 fully saturated rings. The van der Waals surface area contributed by atoms with Crippen molar-refractivity contribution in [3.63, 3.8) is 0 Å². The monoisotopic (exact) mass is 497 g/mol. The van der Waals surface area contributed by atoms with Gasteiger partial charge in [0.25, 0.3) is 0 Å². The Hall–Kier alpha value is -0.910. The summed E-state index contributed by atoms with van der Waals surface area (Å²) >= 11 is 0. The Balaban J connectivity index is 0.0000109. The molecule has 4 nitrogen and oxygen atoms in total. The fraction of sp³-hybridized carbons (Fsp3) is 0.793. The maximum absolute atomic E-state index is 11.6. The zero-order valence-corrected chi connectivity index (χ0v) is 23.9. The zero-order valence-electron chi connectivity index (χ0n) is 23.1. The SMILES string of the molecule is CCCCCCCCCCCCCCCCc1cc(S(=O)(=O)[O-])ccc1C(CC)(CC)CC.[NH4+]. The first-order chi connectivity index (χ1) is 15.8. The molecule has 0 bridgehead atoms. The summed E-state index contributed by atoms with van der Waals surface area (Å²) in [6.07, 6.45) is 22.5. The highest BCUT2D eigenvalue weighted by Crippen LogP contribution is 2.38. The third-order valence-corrected chi connectivity index (χ3v) is 8.60. The molecular weight excluding hydrogens is 442 g/mol. The fourth-order valence-electron chi connectivity index (χ4n) is 5.28. The molecule has 0 saturated heterocycles. The van der Waals surface area contributed by atoms with Crippen molar-refractivity contribution < 1.29 is 13.0 Å². The van der Waals surface area contributed by atoms with Crippen molar-refractivity contribution in [1.29, 1.82) is 0 Å². The van der Waals surface area contributed by atoms with E-state index in [1.165, 1.54) is 95.1 Å². The van der Waals surface area contributed by atoms with Gasteiger partial charge in [0.2, 0.25) is 0 Å². The summed E-state index contributed by atoms with van der Waals surface area (Å²) in [7, 11) is -4.42. The quantitative estimate of drug-likeness (QED) is 0.143. The van der Waals surface area contributed by atoms with Crippen LogP contribution < -0.4 is 6.15 Å². The third-order valence-electron chi connectivity index (χ3n) is 7.77. The van der Waals surface area contributed by atoms with Crippen LogP contribution in [-0.2, 0) is 22.0 Å². The second-order valence-corrected chi connectivity index (χ2v) is 11.3. The Morgan fingerprint density at radius 1 is 0.676 bits per heavy atom. The van der Waals surface area contributed by atoms with Gasteiger partial charge < -0.3 is 10.7 Å². The number of quaternary nitrogens is 1. The zero-order chi connectivity index (χ0) is 24.6. The molecule has 0 heterocycles. The summed E-state index contributed by atoms with van der Waals surface area (Å²) in [5, 5.41) is 0. The maximum Gasteiger partial charge on any atom is 0.124 e. The van der Waals surface area contributed by atoms with Crippen LogP contribution in [0.1, 0.15) is 148 Å². The largest absolute Gasteiger partial charge is 0.744 e. The Morgan fingerprint density at radius 2 is 1.09 bits per heavy atom. The molecule has 0 spiro atoms. The summed E-state index contributed by atoms with van der Waals surface area (Å²) in [6, 6.07) is 5.10. The van der Waals surface area contributed by atoms with Crippen molar-refractivity contribution >= 4 is 10.1 Å². The Kier molecular flexibility index (Phi) is 17.9. The lowest BCUT2D eigenvalue weighted by atomic mass is 9.71. The van der Waals surface area contributed by atoms with Crippen LogP contribution in [0.5, 0.6) is 0 Å². The van der Waals surface area contributed by atoms with Crippen molar-refractivity contribution in [2.75, 3.05) is 0 Å². The maximum atomic E-state index is 11.6. The van der Waals surface area contributed by atoms with E-state index in [0.717, 1.165) is 37.7 Å². The molecule has 0 aliphatic heterocycles. The van der Waals surface area contributed by atoms with Gasteiger partial charge in [0, 0.05) is 0 Å². The summed E-state index contributed by atoms with van der Waals surface area (Å²) in [5.74, 6) is 0. The molecule has 1 aromatic carbocycles. The molecule has 0 unspecified atom stereocenters. The predicted molar refractivity (Wildman–Crippen MR) is 147 cm³/mol. The van der Waals surface area contributed by atoms with E-state index in [1.807, 2.05) is 6.07 Å². The summed E-state index contributed by atoms with van der Waals surface area (Å²) in [5.41, 5.74) is 2.38. The first kappa shape index (κ1) is 33.1. The Morgan fingerprint density at radius 3 is 1.47 bits per heavy atom. The lowest BCUT2D eigenvalue weighted by Crippen LogP contribution is -2.25. The molecule has 0 atom stereocenters. The van der Waals surface area contributed by atoms with Gasteiger partial charge in [0.15, 0.2) is 0 Å². The fourth-order valence-corrected chi connectivity index (χ4v) is 5.80. The van der Waals surface area contributed by atoms with Gasteiger partial charge in [-0.15, -0.1) is 0 Å². The van der Waals surface area contributed by atoms with Crippen LogP contribution in [0.3, 0.4) is 0 Å². The average molecular weight is 498 g/mol. The molecule has 0 radical (unpaired) electrons. The van der Waals surface area contributed by atoms with Gasteiger partial charge >= 0.3 is 0 Å². The second-order valence-electron chi connectivity index (χ2n) is 9.96. The van der Waals surface area contributed by atoms with Crippen molar-refractivity contribution in [3.05, 3.63) is 29.3 Å². The predicted octanol–water partition coefficient (Wildman–Crippen LogP) is 9.46. The number of benzene rings is 1. The molecule has 5 heteroatoms. The number of hydrogen-bond donors (Lipinski definition) is 1. The van der Waals surface area contributed by atoms with Crippen LogP contribution in [-0.4, -0.2) is 13.0 Å². The van der Waals surface area contributed by atoms with E-state index < -0.39 is 10.1 Å². The molecule has 200 valence electrons. The standard InChI is InChI=1S/C29H52O3S.H3N/c1-5-9-10-11-12-13-14-15-16-17-18-19-20-21-22-26-25-27(33(30,31)32)23-24-28(26)29(6-2,7-3)8-4;/h23-25H,5-22H2,1-4H3,(H,30,31,32);1H3. The van der Waals surface area contributed by atoms with Crippen molar-refractivity contribution in [2.45, 2.75) is 154 Å². The van der Waals surface area contributed by atoms with E-state index >= 15 is 0 Å². The topological polar surface area (TPSA) is 93.7 Å². The van der Waals surface area contributed by atoms with E-state index in [2.05, 4.69) is 27.7 Å². The Bertz CT molecular complexity index is 733. The molecular formula is C29H55NO3S.